The number of hydrogen-bond donors (Lipinski definition) is 2. The van der Waals surface area contributed by atoms with Crippen LogP contribution in [-0.4, -0.2) is 9.13 Å². The van der Waals surface area contributed by atoms with E-state index in [0.717, 1.165) is 40.8 Å². The fourth-order valence-corrected chi connectivity index (χ4v) is 8.66. The Kier molecular flexibility index (Phi) is 8.12. The molecule has 0 bridgehead atoms. The molecule has 2 aromatic heterocycles. The van der Waals surface area contributed by atoms with E-state index in [1.54, 1.807) is 12.4 Å². The summed E-state index contributed by atoms with van der Waals surface area (Å²) in [7, 11) is 0. The molecular formula is C50H44N4. The van der Waals surface area contributed by atoms with Crippen LogP contribution >= 0.6 is 0 Å². The number of rotatable bonds is 6. The lowest BCUT2D eigenvalue weighted by atomic mass is 9.83. The first-order chi connectivity index (χ1) is 26.4. The minimum absolute atomic E-state index is 0.930. The lowest BCUT2D eigenvalue weighted by Crippen LogP contribution is -2.08. The van der Waals surface area contributed by atoms with Crippen LogP contribution in [0.15, 0.2) is 146 Å². The lowest BCUT2D eigenvalue weighted by molar-refractivity contribution is 0.946. The van der Waals surface area contributed by atoms with Gasteiger partial charge in [0.1, 0.15) is 0 Å². The van der Waals surface area contributed by atoms with E-state index < -0.39 is 0 Å². The lowest BCUT2D eigenvalue weighted by Gasteiger charge is -2.23. The summed E-state index contributed by atoms with van der Waals surface area (Å²) in [6.07, 6.45) is 13.6. The van der Waals surface area contributed by atoms with Gasteiger partial charge in [-0.05, 0) is 134 Å². The van der Waals surface area contributed by atoms with Crippen molar-refractivity contribution in [2.45, 2.75) is 40.5 Å². The van der Waals surface area contributed by atoms with Crippen molar-refractivity contribution >= 4 is 55.0 Å². The minimum atomic E-state index is 0.930. The Morgan fingerprint density at radius 3 is 1.59 bits per heavy atom. The molecule has 0 amide bonds. The first-order valence-corrected chi connectivity index (χ1v) is 18.9. The zero-order valence-electron chi connectivity index (χ0n) is 31.3. The highest BCUT2D eigenvalue weighted by atomic mass is 15.0. The monoisotopic (exact) mass is 700 g/mol. The molecule has 2 heterocycles. The fourth-order valence-electron chi connectivity index (χ4n) is 8.66. The molecule has 4 N–H and O–H groups in total. The van der Waals surface area contributed by atoms with E-state index in [-0.39, 0.29) is 0 Å². The number of fused-ring (bicyclic) bond motifs is 10. The van der Waals surface area contributed by atoms with Crippen LogP contribution in [-0.2, 0) is 12.8 Å². The van der Waals surface area contributed by atoms with E-state index in [1.807, 2.05) is 13.8 Å². The molecule has 264 valence electrons. The number of nitrogens with zero attached hydrogens (tertiary/aromatic N) is 2. The molecule has 0 aliphatic heterocycles. The highest BCUT2D eigenvalue weighted by Gasteiger charge is 2.26. The first-order valence-electron chi connectivity index (χ1n) is 18.9. The van der Waals surface area contributed by atoms with E-state index in [0.29, 0.717) is 0 Å². The van der Waals surface area contributed by atoms with Gasteiger partial charge in [0.05, 0.1) is 33.5 Å². The highest BCUT2D eigenvalue weighted by Crippen LogP contribution is 2.46. The summed E-state index contributed by atoms with van der Waals surface area (Å²) in [5, 5.41) is 4.93. The molecular weight excluding hydrogens is 657 g/mol. The molecule has 1 aliphatic rings. The van der Waals surface area contributed by atoms with E-state index >= 15 is 0 Å². The Labute approximate surface area is 316 Å². The molecule has 0 fully saturated rings. The van der Waals surface area contributed by atoms with Crippen LogP contribution in [0.4, 0.5) is 0 Å². The molecule has 9 rings (SSSR count). The molecule has 0 saturated carbocycles. The second-order valence-electron chi connectivity index (χ2n) is 14.6. The van der Waals surface area contributed by atoms with E-state index in [4.69, 9.17) is 11.5 Å². The number of allylic oxidation sites excluding steroid dienone is 6. The second-order valence-corrected chi connectivity index (χ2v) is 14.6. The Hall–Kier alpha value is -6.52. The number of nitrogens with two attached hydrogens (primary N) is 2. The summed E-state index contributed by atoms with van der Waals surface area (Å²) < 4.78 is 4.69. The van der Waals surface area contributed by atoms with Gasteiger partial charge in [0.2, 0.25) is 0 Å². The van der Waals surface area contributed by atoms with Crippen LogP contribution in [0.2, 0.25) is 0 Å². The molecule has 0 radical (unpaired) electrons. The minimum Gasteiger partial charge on any atom is -0.403 e. The van der Waals surface area contributed by atoms with Crippen LogP contribution < -0.4 is 11.5 Å². The molecule has 0 unspecified atom stereocenters. The van der Waals surface area contributed by atoms with Gasteiger partial charge in [-0.15, -0.1) is 0 Å². The zero-order chi connectivity index (χ0) is 37.1. The van der Waals surface area contributed by atoms with Gasteiger partial charge in [-0.25, -0.2) is 0 Å². The number of hydrogen-bond acceptors (Lipinski definition) is 2. The van der Waals surface area contributed by atoms with Gasteiger partial charge in [-0.3, -0.25) is 0 Å². The van der Waals surface area contributed by atoms with Gasteiger partial charge < -0.3 is 20.6 Å². The van der Waals surface area contributed by atoms with Crippen LogP contribution in [0.3, 0.4) is 0 Å². The van der Waals surface area contributed by atoms with Crippen molar-refractivity contribution in [1.29, 1.82) is 0 Å². The summed E-state index contributed by atoms with van der Waals surface area (Å²) >= 11 is 0. The number of aryl methyl sites for hydroxylation is 4. The van der Waals surface area contributed by atoms with Crippen LogP contribution in [0.25, 0.3) is 88.4 Å². The third-order valence-electron chi connectivity index (χ3n) is 11.3. The van der Waals surface area contributed by atoms with Crippen molar-refractivity contribution in [3.63, 3.8) is 0 Å². The quantitative estimate of drug-likeness (QED) is 0.170. The largest absolute Gasteiger partial charge is 0.403 e. The maximum absolute atomic E-state index is 6.40. The molecule has 4 nitrogen and oxygen atoms in total. The van der Waals surface area contributed by atoms with Crippen LogP contribution in [0.1, 0.15) is 36.1 Å². The Balaban J connectivity index is 1.31. The third kappa shape index (κ3) is 5.21. The Morgan fingerprint density at radius 1 is 0.500 bits per heavy atom. The van der Waals surface area contributed by atoms with Crippen molar-refractivity contribution in [1.82, 2.24) is 9.13 Å². The van der Waals surface area contributed by atoms with E-state index in [2.05, 4.69) is 156 Å². The average molecular weight is 701 g/mol. The average Bonchev–Trinajstić information content (AvgIpc) is 3.70. The van der Waals surface area contributed by atoms with Crippen molar-refractivity contribution in [3.8, 4) is 33.4 Å². The fraction of sp³-hybridized carbons (Fsp3) is 0.120. The molecule has 54 heavy (non-hydrogen) atoms. The number of aromatic nitrogens is 2. The summed E-state index contributed by atoms with van der Waals surface area (Å²) in [6.45, 7) is 8.35. The van der Waals surface area contributed by atoms with Gasteiger partial charge in [-0.2, -0.15) is 0 Å². The molecule has 8 aromatic rings. The molecule has 1 aliphatic carbocycles. The second kappa shape index (κ2) is 13.2. The highest BCUT2D eigenvalue weighted by molar-refractivity contribution is 6.16. The summed E-state index contributed by atoms with van der Waals surface area (Å²) in [4.78, 5) is 0. The molecule has 4 heteroatoms. The van der Waals surface area contributed by atoms with Crippen molar-refractivity contribution in [2.75, 3.05) is 0 Å². The Bertz CT molecular complexity index is 2850. The summed E-state index contributed by atoms with van der Waals surface area (Å²) in [6, 6.07) is 40.8. The maximum atomic E-state index is 6.40. The predicted octanol–water partition coefficient (Wildman–Crippen LogP) is 12.3. The topological polar surface area (TPSA) is 61.9 Å². The van der Waals surface area contributed by atoms with Gasteiger partial charge >= 0.3 is 0 Å². The summed E-state index contributed by atoms with van der Waals surface area (Å²) in [5.41, 5.74) is 31.9. The number of benzene rings is 6. The van der Waals surface area contributed by atoms with Crippen molar-refractivity contribution in [3.05, 3.63) is 168 Å². The van der Waals surface area contributed by atoms with Gasteiger partial charge in [-0.1, -0.05) is 96.1 Å². The molecule has 0 saturated heterocycles. The van der Waals surface area contributed by atoms with Crippen molar-refractivity contribution in [2.24, 2.45) is 11.5 Å². The Morgan fingerprint density at radius 2 is 1.02 bits per heavy atom. The first kappa shape index (κ1) is 33.3. The van der Waals surface area contributed by atoms with E-state index in [9.17, 15) is 0 Å². The standard InChI is InChI=1S/C50H44N4/c1-5-7-38(29-51)53-47-23-18-36(34-15-11-32(4)12-16-34)26-45(47)46-27-37-17-20-41-40(43(37)28-49(46)53)21-22-42-44-25-35(33-13-9-31(3)10-14-33)19-24-48(44)54(50(41)42)39(30-52)8-6-2/h5-16,18-19,21-30H,17,20,51-52H2,1-4H3/b7-5-,8-6-,38-29+,39-30+. The van der Waals surface area contributed by atoms with Gasteiger partial charge in [0.25, 0.3) is 0 Å². The molecule has 0 atom stereocenters. The van der Waals surface area contributed by atoms with Gasteiger partial charge in [0.15, 0.2) is 0 Å². The zero-order valence-corrected chi connectivity index (χ0v) is 31.3. The van der Waals surface area contributed by atoms with E-state index in [1.165, 1.54) is 82.7 Å². The van der Waals surface area contributed by atoms with Crippen LogP contribution in [0, 0.1) is 13.8 Å². The van der Waals surface area contributed by atoms with Gasteiger partial charge in [0, 0.05) is 33.9 Å². The third-order valence-corrected chi connectivity index (χ3v) is 11.3. The maximum Gasteiger partial charge on any atom is 0.0613 e. The normalized spacial score (nSPS) is 13.6. The predicted molar refractivity (Wildman–Crippen MR) is 232 cm³/mol. The smallest absolute Gasteiger partial charge is 0.0613 e. The van der Waals surface area contributed by atoms with Crippen LogP contribution in [0.5, 0.6) is 0 Å². The molecule has 6 aromatic carbocycles. The summed E-state index contributed by atoms with van der Waals surface area (Å²) in [5.74, 6) is 0. The SMILES string of the molecule is C/C=C\C(=C/N)n1c2ccc(-c3ccc(C)cc3)cc2c2cc3c(cc21)-c1ccc2c4cc(-c5ccc(C)cc5)ccc4n(C(/C=C\C)=C/N)c2c1CC3. The molecule has 0 spiro atoms. The van der Waals surface area contributed by atoms with Crippen molar-refractivity contribution < 1.29 is 0 Å².